The highest BCUT2D eigenvalue weighted by Crippen LogP contribution is 2.30. The molecule has 0 saturated carbocycles. The summed E-state index contributed by atoms with van der Waals surface area (Å²) in [4.78, 5) is 7.19. The molecule has 1 fully saturated rings. The van der Waals surface area contributed by atoms with Crippen LogP contribution in [0.4, 0.5) is 5.69 Å². The maximum Gasteiger partial charge on any atom is 0.191 e. The smallest absolute Gasteiger partial charge is 0.191 e. The quantitative estimate of drug-likeness (QED) is 0.530. The van der Waals surface area contributed by atoms with Crippen molar-refractivity contribution < 1.29 is 9.47 Å². The zero-order valence-corrected chi connectivity index (χ0v) is 17.6. The summed E-state index contributed by atoms with van der Waals surface area (Å²) >= 11 is 0. The highest BCUT2D eigenvalue weighted by molar-refractivity contribution is 5.80. The zero-order valence-electron chi connectivity index (χ0n) is 17.6. The number of guanidine groups is 1. The van der Waals surface area contributed by atoms with Gasteiger partial charge in [0.1, 0.15) is 5.75 Å². The van der Waals surface area contributed by atoms with E-state index >= 15 is 0 Å². The fraction of sp³-hybridized carbons (Fsp3) is 0.435. The molecule has 0 amide bonds. The summed E-state index contributed by atoms with van der Waals surface area (Å²) in [5.74, 6) is 1.77. The summed E-state index contributed by atoms with van der Waals surface area (Å²) in [6, 6.07) is 16.8. The van der Waals surface area contributed by atoms with Crippen molar-refractivity contribution in [1.82, 2.24) is 10.6 Å². The maximum atomic E-state index is 5.52. The van der Waals surface area contributed by atoms with E-state index in [2.05, 4.69) is 46.7 Å². The second-order valence-corrected chi connectivity index (χ2v) is 7.14. The maximum absolute atomic E-state index is 5.52. The highest BCUT2D eigenvalue weighted by atomic mass is 16.5. The molecule has 1 heterocycles. The fourth-order valence-electron chi connectivity index (χ4n) is 3.67. The van der Waals surface area contributed by atoms with Crippen LogP contribution in [0.3, 0.4) is 0 Å². The van der Waals surface area contributed by atoms with Crippen LogP contribution >= 0.6 is 0 Å². The first-order chi connectivity index (χ1) is 14.2. The van der Waals surface area contributed by atoms with E-state index in [0.717, 1.165) is 43.5 Å². The summed E-state index contributed by atoms with van der Waals surface area (Å²) in [6.07, 6.45) is 1.06. The number of nitrogens with one attached hydrogen (secondary N) is 2. The second-order valence-electron chi connectivity index (χ2n) is 7.14. The lowest BCUT2D eigenvalue weighted by molar-refractivity contribution is 0.184. The van der Waals surface area contributed by atoms with E-state index < -0.39 is 0 Å². The Bertz CT molecular complexity index is 809. The van der Waals surface area contributed by atoms with Crippen molar-refractivity contribution in [1.29, 1.82) is 0 Å². The number of hydrogen-bond acceptors (Lipinski definition) is 4. The SMILES string of the molecule is CCNC(=NCc1ccccc1COC)NC1CCN(c2ccccc2OC)C1. The van der Waals surface area contributed by atoms with E-state index in [4.69, 9.17) is 14.5 Å². The van der Waals surface area contributed by atoms with E-state index in [9.17, 15) is 0 Å². The third-order valence-electron chi connectivity index (χ3n) is 5.12. The van der Waals surface area contributed by atoms with Gasteiger partial charge in [0.15, 0.2) is 5.96 Å². The fourth-order valence-corrected chi connectivity index (χ4v) is 3.67. The number of rotatable bonds is 8. The predicted molar refractivity (Wildman–Crippen MR) is 119 cm³/mol. The summed E-state index contributed by atoms with van der Waals surface area (Å²) in [6.45, 7) is 6.06. The summed E-state index contributed by atoms with van der Waals surface area (Å²) in [5, 5.41) is 6.97. The van der Waals surface area contributed by atoms with Crippen LogP contribution < -0.4 is 20.3 Å². The Labute approximate surface area is 173 Å². The summed E-state index contributed by atoms with van der Waals surface area (Å²) in [5.41, 5.74) is 3.51. The molecule has 6 nitrogen and oxygen atoms in total. The van der Waals surface area contributed by atoms with Gasteiger partial charge in [-0.25, -0.2) is 4.99 Å². The third-order valence-corrected chi connectivity index (χ3v) is 5.12. The molecule has 0 bridgehead atoms. The van der Waals surface area contributed by atoms with Crippen LogP contribution in [0.15, 0.2) is 53.5 Å². The van der Waals surface area contributed by atoms with E-state index in [0.29, 0.717) is 19.2 Å². The van der Waals surface area contributed by atoms with Crippen LogP contribution in [0.1, 0.15) is 24.5 Å². The van der Waals surface area contributed by atoms with Gasteiger partial charge in [-0.05, 0) is 36.6 Å². The topological polar surface area (TPSA) is 58.1 Å². The second kappa shape index (κ2) is 10.7. The molecule has 1 aliphatic rings. The van der Waals surface area contributed by atoms with Crippen molar-refractivity contribution in [2.24, 2.45) is 4.99 Å². The predicted octanol–water partition coefficient (Wildman–Crippen LogP) is 3.18. The first-order valence-corrected chi connectivity index (χ1v) is 10.2. The number of para-hydroxylation sites is 2. The highest BCUT2D eigenvalue weighted by Gasteiger charge is 2.25. The van der Waals surface area contributed by atoms with Crippen molar-refractivity contribution in [2.75, 3.05) is 38.8 Å². The number of nitrogens with zero attached hydrogens (tertiary/aromatic N) is 2. The molecule has 0 aliphatic carbocycles. The molecule has 0 radical (unpaired) electrons. The Morgan fingerprint density at radius 2 is 1.86 bits per heavy atom. The van der Waals surface area contributed by atoms with Crippen LogP contribution in [-0.4, -0.2) is 45.9 Å². The molecule has 2 N–H and O–H groups in total. The lowest BCUT2D eigenvalue weighted by atomic mass is 10.1. The molecule has 2 aromatic rings. The van der Waals surface area contributed by atoms with Crippen LogP contribution in [0, 0.1) is 0 Å². The number of hydrogen-bond donors (Lipinski definition) is 2. The van der Waals surface area contributed by atoms with Gasteiger partial charge in [0, 0.05) is 32.8 Å². The van der Waals surface area contributed by atoms with Gasteiger partial charge >= 0.3 is 0 Å². The van der Waals surface area contributed by atoms with Gasteiger partial charge in [0.25, 0.3) is 0 Å². The molecule has 6 heteroatoms. The average molecular weight is 397 g/mol. The Hall–Kier alpha value is -2.73. The minimum atomic E-state index is 0.340. The number of methoxy groups -OCH3 is 2. The Kier molecular flexibility index (Phi) is 7.76. The van der Waals surface area contributed by atoms with Gasteiger partial charge in [-0.3, -0.25) is 0 Å². The summed E-state index contributed by atoms with van der Waals surface area (Å²) in [7, 11) is 3.45. The lowest BCUT2D eigenvalue weighted by Gasteiger charge is -2.22. The molecule has 0 aromatic heterocycles. The zero-order chi connectivity index (χ0) is 20.5. The Morgan fingerprint density at radius 1 is 1.10 bits per heavy atom. The van der Waals surface area contributed by atoms with Crippen molar-refractivity contribution in [3.63, 3.8) is 0 Å². The first kappa shape index (κ1) is 21.0. The summed E-state index contributed by atoms with van der Waals surface area (Å²) < 4.78 is 10.8. The van der Waals surface area contributed by atoms with Crippen LogP contribution in [0.25, 0.3) is 0 Å². The largest absolute Gasteiger partial charge is 0.495 e. The number of aliphatic imine (C=N–C) groups is 1. The van der Waals surface area contributed by atoms with Crippen molar-refractivity contribution >= 4 is 11.6 Å². The standard InChI is InChI=1S/C23H32N4O2/c1-4-24-23(25-15-18-9-5-6-10-19(18)17-28-2)26-20-13-14-27(16-20)21-11-7-8-12-22(21)29-3/h5-12,20H,4,13-17H2,1-3H3,(H2,24,25,26). The van der Waals surface area contributed by atoms with Gasteiger partial charge in [-0.1, -0.05) is 36.4 Å². The number of ether oxygens (including phenoxy) is 2. The number of anilines is 1. The molecule has 29 heavy (non-hydrogen) atoms. The molecule has 2 aromatic carbocycles. The van der Waals surface area contributed by atoms with E-state index in [1.807, 2.05) is 24.3 Å². The molecule has 1 saturated heterocycles. The van der Waals surface area contributed by atoms with E-state index in [1.165, 1.54) is 11.1 Å². The van der Waals surface area contributed by atoms with Gasteiger partial charge < -0.3 is 25.0 Å². The Balaban J connectivity index is 1.64. The van der Waals surface area contributed by atoms with Crippen molar-refractivity contribution in [2.45, 2.75) is 32.5 Å². The Morgan fingerprint density at radius 3 is 2.62 bits per heavy atom. The normalized spacial score (nSPS) is 16.7. The van der Waals surface area contributed by atoms with Crippen LogP contribution in [0.2, 0.25) is 0 Å². The monoisotopic (exact) mass is 396 g/mol. The first-order valence-electron chi connectivity index (χ1n) is 10.2. The molecule has 1 aliphatic heterocycles. The van der Waals surface area contributed by atoms with Crippen LogP contribution in [-0.2, 0) is 17.9 Å². The molecule has 3 rings (SSSR count). The lowest BCUT2D eigenvalue weighted by Crippen LogP contribution is -2.44. The third kappa shape index (κ3) is 5.64. The van der Waals surface area contributed by atoms with Crippen molar-refractivity contribution in [3.05, 3.63) is 59.7 Å². The van der Waals surface area contributed by atoms with Gasteiger partial charge in [-0.15, -0.1) is 0 Å². The molecular formula is C23H32N4O2. The molecule has 0 spiro atoms. The minimum absolute atomic E-state index is 0.340. The van der Waals surface area contributed by atoms with E-state index in [-0.39, 0.29) is 0 Å². The molecule has 1 unspecified atom stereocenters. The van der Waals surface area contributed by atoms with E-state index in [1.54, 1.807) is 14.2 Å². The van der Waals surface area contributed by atoms with Crippen molar-refractivity contribution in [3.8, 4) is 5.75 Å². The van der Waals surface area contributed by atoms with Crippen LogP contribution in [0.5, 0.6) is 5.75 Å². The molecule has 1 atom stereocenters. The molecule has 156 valence electrons. The number of benzene rings is 2. The average Bonchev–Trinajstić information content (AvgIpc) is 3.21. The van der Waals surface area contributed by atoms with Gasteiger partial charge in [0.2, 0.25) is 0 Å². The van der Waals surface area contributed by atoms with Gasteiger partial charge in [-0.2, -0.15) is 0 Å². The van der Waals surface area contributed by atoms with Gasteiger partial charge in [0.05, 0.1) is 25.9 Å². The minimum Gasteiger partial charge on any atom is -0.495 e. The molecular weight excluding hydrogens is 364 g/mol.